The van der Waals surface area contributed by atoms with Gasteiger partial charge in [-0.1, -0.05) is 57.9 Å². The molecule has 1 aromatic rings. The summed E-state index contributed by atoms with van der Waals surface area (Å²) >= 11 is 0. The maximum absolute atomic E-state index is 13.1. The zero-order chi connectivity index (χ0) is 22.3. The molecule has 30 heavy (non-hydrogen) atoms. The van der Waals surface area contributed by atoms with Crippen molar-refractivity contribution < 1.29 is 18.3 Å². The zero-order valence-electron chi connectivity index (χ0n) is 18.6. The monoisotopic (exact) mass is 433 g/mol. The summed E-state index contributed by atoms with van der Waals surface area (Å²) in [6, 6.07) is 7.80. The Kier molecular flexibility index (Phi) is 8.71. The lowest BCUT2D eigenvalue weighted by molar-refractivity contribution is -0.132. The number of rotatable bonds is 11. The van der Waals surface area contributed by atoms with E-state index < -0.39 is 21.1 Å². The van der Waals surface area contributed by atoms with E-state index in [0.717, 1.165) is 61.2 Å². The van der Waals surface area contributed by atoms with Gasteiger partial charge in [-0.05, 0) is 37.0 Å². The molecule has 0 saturated heterocycles. The molecule has 1 aliphatic rings. The van der Waals surface area contributed by atoms with Crippen LogP contribution in [0.2, 0.25) is 0 Å². The molecule has 1 aliphatic carbocycles. The van der Waals surface area contributed by atoms with E-state index in [1.807, 2.05) is 31.2 Å². The molecule has 1 N–H and O–H groups in total. The van der Waals surface area contributed by atoms with Crippen LogP contribution in [-0.4, -0.2) is 48.5 Å². The molecule has 2 rings (SSSR count). The summed E-state index contributed by atoms with van der Waals surface area (Å²) in [4.78, 5) is 14.1. The van der Waals surface area contributed by atoms with Gasteiger partial charge in [0, 0.05) is 42.1 Å². The van der Waals surface area contributed by atoms with E-state index in [1.54, 1.807) is 13.0 Å². The molecular formula is C24H35NO4S. The molecule has 1 unspecified atom stereocenters. The summed E-state index contributed by atoms with van der Waals surface area (Å²) in [5.41, 5.74) is 3.58. The largest absolute Gasteiger partial charge is 0.478 e. The molecular weight excluding hydrogens is 398 g/mol. The minimum atomic E-state index is -3.50. The van der Waals surface area contributed by atoms with Crippen molar-refractivity contribution in [2.75, 3.05) is 18.8 Å². The van der Waals surface area contributed by atoms with E-state index >= 15 is 0 Å². The molecule has 0 fully saturated rings. The second kappa shape index (κ2) is 10.8. The highest BCUT2D eigenvalue weighted by molar-refractivity contribution is 7.92. The number of allylic oxidation sites excluding steroid dienone is 1. The zero-order valence-corrected chi connectivity index (χ0v) is 19.5. The van der Waals surface area contributed by atoms with Gasteiger partial charge in [0.2, 0.25) is 0 Å². The molecule has 0 bridgehead atoms. The summed E-state index contributed by atoms with van der Waals surface area (Å²) in [6.07, 6.45) is 5.69. The van der Waals surface area contributed by atoms with Crippen LogP contribution in [0.4, 0.5) is 0 Å². The first-order chi connectivity index (χ1) is 14.3. The second-order valence-corrected chi connectivity index (χ2v) is 10.4. The number of carboxylic acid groups (broad SMARTS) is 1. The third-order valence-electron chi connectivity index (χ3n) is 5.76. The number of aryl methyl sites for hydroxylation is 1. The van der Waals surface area contributed by atoms with Gasteiger partial charge < -0.3 is 10.0 Å². The fourth-order valence-corrected chi connectivity index (χ4v) is 5.37. The maximum atomic E-state index is 13.1. The van der Waals surface area contributed by atoms with Crippen LogP contribution in [0.5, 0.6) is 0 Å². The Balaban J connectivity index is 2.82. The summed E-state index contributed by atoms with van der Waals surface area (Å²) < 4.78 is 26.3. The molecule has 0 aromatic heterocycles. The molecule has 0 spiro atoms. The van der Waals surface area contributed by atoms with Crippen molar-refractivity contribution in [1.82, 2.24) is 4.90 Å². The summed E-state index contributed by atoms with van der Waals surface area (Å²) in [7, 11) is -3.50. The molecule has 0 amide bonds. The van der Waals surface area contributed by atoms with Gasteiger partial charge >= 0.3 is 5.97 Å². The van der Waals surface area contributed by atoms with Crippen LogP contribution in [-0.2, 0) is 14.6 Å². The average molecular weight is 434 g/mol. The molecule has 166 valence electrons. The molecule has 5 nitrogen and oxygen atoms in total. The first kappa shape index (κ1) is 24.2. The van der Waals surface area contributed by atoms with Gasteiger partial charge in [0.15, 0.2) is 9.84 Å². The van der Waals surface area contributed by atoms with Gasteiger partial charge in [-0.2, -0.15) is 0 Å². The van der Waals surface area contributed by atoms with E-state index in [4.69, 9.17) is 0 Å². The van der Waals surface area contributed by atoms with E-state index in [2.05, 4.69) is 18.7 Å². The Morgan fingerprint density at radius 3 is 2.20 bits per heavy atom. The molecule has 6 heteroatoms. The fraction of sp³-hybridized carbons (Fsp3) is 0.542. The third-order valence-corrected chi connectivity index (χ3v) is 7.84. The number of sulfone groups is 1. The average Bonchev–Trinajstić information content (AvgIpc) is 2.73. The quantitative estimate of drug-likeness (QED) is 0.541. The van der Waals surface area contributed by atoms with Crippen LogP contribution in [0.3, 0.4) is 0 Å². The minimum Gasteiger partial charge on any atom is -0.478 e. The van der Waals surface area contributed by atoms with Gasteiger partial charge in [0.1, 0.15) is 0 Å². The Morgan fingerprint density at radius 2 is 1.70 bits per heavy atom. The van der Waals surface area contributed by atoms with E-state index in [0.29, 0.717) is 0 Å². The molecule has 0 aliphatic heterocycles. The SMILES string of the molecule is CCCCN(CCCC)C1=C(c2ccccc2C)C(S(=O)(=O)CC)CC(C(=O)O)=C1. The molecule has 0 radical (unpaired) electrons. The Labute approximate surface area is 181 Å². The standard InChI is InChI=1S/C24H35NO4S/c1-5-8-14-25(15-9-6-2)21-16-19(24(26)27)17-22(30(28,29)7-3)23(21)20-13-11-10-12-18(20)4/h10-13,16,22H,5-9,14-15,17H2,1-4H3,(H,26,27). The number of hydrogen-bond donors (Lipinski definition) is 1. The van der Waals surface area contributed by atoms with Crippen molar-refractivity contribution in [1.29, 1.82) is 0 Å². The Morgan fingerprint density at radius 1 is 1.10 bits per heavy atom. The lowest BCUT2D eigenvalue weighted by atomic mass is 9.87. The minimum absolute atomic E-state index is 0.00801. The third kappa shape index (κ3) is 5.54. The van der Waals surface area contributed by atoms with Crippen LogP contribution < -0.4 is 0 Å². The van der Waals surface area contributed by atoms with Crippen molar-refractivity contribution >= 4 is 21.4 Å². The first-order valence-electron chi connectivity index (χ1n) is 11.0. The number of hydrogen-bond acceptors (Lipinski definition) is 4. The van der Waals surface area contributed by atoms with Gasteiger partial charge in [-0.25, -0.2) is 13.2 Å². The van der Waals surface area contributed by atoms with Gasteiger partial charge in [-0.3, -0.25) is 0 Å². The van der Waals surface area contributed by atoms with E-state index in [-0.39, 0.29) is 17.7 Å². The lowest BCUT2D eigenvalue weighted by Gasteiger charge is -2.35. The number of carboxylic acids is 1. The lowest BCUT2D eigenvalue weighted by Crippen LogP contribution is -2.35. The summed E-state index contributed by atoms with van der Waals surface area (Å²) in [5.74, 6) is -1.06. The predicted octanol–water partition coefficient (Wildman–Crippen LogP) is 4.83. The van der Waals surface area contributed by atoms with Crippen molar-refractivity contribution in [2.24, 2.45) is 0 Å². The number of nitrogens with zero attached hydrogens (tertiary/aromatic N) is 1. The van der Waals surface area contributed by atoms with Crippen LogP contribution in [0.25, 0.3) is 5.57 Å². The topological polar surface area (TPSA) is 74.7 Å². The molecule has 1 aromatic carbocycles. The molecule has 1 atom stereocenters. The summed E-state index contributed by atoms with van der Waals surface area (Å²) in [5, 5.41) is 8.91. The van der Waals surface area contributed by atoms with Crippen LogP contribution in [0, 0.1) is 6.92 Å². The highest BCUT2D eigenvalue weighted by Gasteiger charge is 2.37. The fourth-order valence-electron chi connectivity index (χ4n) is 3.92. The number of unbranched alkanes of at least 4 members (excludes halogenated alkanes) is 2. The van der Waals surface area contributed by atoms with Crippen molar-refractivity contribution in [3.05, 3.63) is 52.7 Å². The highest BCUT2D eigenvalue weighted by atomic mass is 32.2. The Hall–Kier alpha value is -2.08. The Bertz CT molecular complexity index is 907. The van der Waals surface area contributed by atoms with Crippen molar-refractivity contribution in [3.63, 3.8) is 0 Å². The maximum Gasteiger partial charge on any atom is 0.331 e. The first-order valence-corrected chi connectivity index (χ1v) is 12.7. The molecule has 0 heterocycles. The van der Waals surface area contributed by atoms with Crippen LogP contribution in [0.1, 0.15) is 64.0 Å². The number of benzene rings is 1. The van der Waals surface area contributed by atoms with E-state index in [9.17, 15) is 18.3 Å². The number of carbonyl (C=O) groups is 1. The smallest absolute Gasteiger partial charge is 0.331 e. The van der Waals surface area contributed by atoms with Crippen molar-refractivity contribution in [3.8, 4) is 0 Å². The normalized spacial score (nSPS) is 17.1. The predicted molar refractivity (Wildman–Crippen MR) is 123 cm³/mol. The van der Waals surface area contributed by atoms with Gasteiger partial charge in [-0.15, -0.1) is 0 Å². The summed E-state index contributed by atoms with van der Waals surface area (Å²) in [6.45, 7) is 9.42. The van der Waals surface area contributed by atoms with Gasteiger partial charge in [0.05, 0.1) is 5.25 Å². The van der Waals surface area contributed by atoms with Gasteiger partial charge in [0.25, 0.3) is 0 Å². The highest BCUT2D eigenvalue weighted by Crippen LogP contribution is 2.39. The number of aliphatic carboxylic acids is 1. The van der Waals surface area contributed by atoms with Crippen LogP contribution in [0.15, 0.2) is 41.6 Å². The second-order valence-electron chi connectivity index (χ2n) is 7.93. The van der Waals surface area contributed by atoms with Crippen molar-refractivity contribution in [2.45, 2.75) is 65.0 Å². The van der Waals surface area contributed by atoms with E-state index in [1.165, 1.54) is 0 Å². The van der Waals surface area contributed by atoms with Crippen LogP contribution >= 0.6 is 0 Å². The molecule has 0 saturated carbocycles.